The van der Waals surface area contributed by atoms with Gasteiger partial charge in [0, 0.05) is 0 Å². The number of aromatic amines is 1. The van der Waals surface area contributed by atoms with Gasteiger partial charge in [-0.1, -0.05) is 31.0 Å². The van der Waals surface area contributed by atoms with E-state index in [0.717, 1.165) is 49.9 Å². The first-order valence-corrected chi connectivity index (χ1v) is 8.21. The lowest BCUT2D eigenvalue weighted by Gasteiger charge is -2.07. The lowest BCUT2D eigenvalue weighted by Crippen LogP contribution is -2.00. The van der Waals surface area contributed by atoms with Crippen molar-refractivity contribution in [3.05, 3.63) is 36.0 Å². The Morgan fingerprint density at radius 2 is 1.75 bits per heavy atom. The molecule has 3 aromatic rings. The van der Waals surface area contributed by atoms with Crippen LogP contribution in [0, 0.1) is 0 Å². The Labute approximate surface area is 140 Å². The van der Waals surface area contributed by atoms with Gasteiger partial charge in [-0.25, -0.2) is 0 Å². The average molecular weight is 326 g/mol. The van der Waals surface area contributed by atoms with E-state index in [2.05, 4.69) is 19.9 Å². The third-order valence-corrected chi connectivity index (χ3v) is 3.74. The molecule has 5 N–H and O–H groups in total. The number of nitrogen functional groups attached to an aromatic ring is 1. The Bertz CT molecular complexity index is 786. The van der Waals surface area contributed by atoms with Crippen LogP contribution in [0.2, 0.25) is 0 Å². The number of imidazole rings is 1. The molecule has 24 heavy (non-hydrogen) atoms. The molecule has 2 aromatic heterocycles. The van der Waals surface area contributed by atoms with Gasteiger partial charge in [0.1, 0.15) is 11.3 Å². The van der Waals surface area contributed by atoms with Gasteiger partial charge in [0.15, 0.2) is 11.6 Å². The summed E-state index contributed by atoms with van der Waals surface area (Å²) >= 11 is 0. The second-order valence-corrected chi connectivity index (χ2v) is 5.64. The maximum Gasteiger partial charge on any atom is 0.324 e. The molecule has 7 heteroatoms. The second kappa shape index (κ2) is 7.74. The molecule has 0 unspecified atom stereocenters. The van der Waals surface area contributed by atoms with Crippen LogP contribution in [0.4, 0.5) is 5.95 Å². The number of ether oxygens (including phenoxy) is 1. The molecule has 3 rings (SSSR count). The zero-order valence-electron chi connectivity index (χ0n) is 13.5. The van der Waals surface area contributed by atoms with Crippen molar-refractivity contribution in [2.75, 3.05) is 12.3 Å². The first-order valence-electron chi connectivity index (χ1n) is 8.21. The quantitative estimate of drug-likeness (QED) is 0.548. The van der Waals surface area contributed by atoms with Crippen molar-refractivity contribution in [2.45, 2.75) is 32.1 Å². The monoisotopic (exact) mass is 326 g/mol. The number of rotatable bonds is 8. The van der Waals surface area contributed by atoms with Gasteiger partial charge >= 0.3 is 6.01 Å². The fourth-order valence-corrected chi connectivity index (χ4v) is 2.56. The van der Waals surface area contributed by atoms with Gasteiger partial charge in [0.05, 0.1) is 5.69 Å². The van der Waals surface area contributed by atoms with Gasteiger partial charge in [-0.15, -0.1) is 0 Å². The molecule has 0 saturated carbocycles. The molecule has 0 radical (unpaired) electrons. The zero-order chi connectivity index (χ0) is 16.8. The van der Waals surface area contributed by atoms with E-state index in [4.69, 9.17) is 16.2 Å². The van der Waals surface area contributed by atoms with Gasteiger partial charge in [-0.3, -0.25) is 0 Å². The summed E-state index contributed by atoms with van der Waals surface area (Å²) in [7, 11) is 0. The number of nitrogens with two attached hydrogens (primary N) is 2. The molecule has 0 aliphatic heterocycles. The van der Waals surface area contributed by atoms with Crippen LogP contribution in [0.1, 0.15) is 31.4 Å². The van der Waals surface area contributed by atoms with Crippen LogP contribution in [0.3, 0.4) is 0 Å². The number of hydrogen-bond donors (Lipinski definition) is 3. The molecule has 0 atom stereocenters. The van der Waals surface area contributed by atoms with E-state index in [9.17, 15) is 0 Å². The number of unbranched alkanes of at least 4 members (excludes halogenated alkanes) is 3. The predicted octanol–water partition coefficient (Wildman–Crippen LogP) is 2.79. The molecule has 0 saturated heterocycles. The van der Waals surface area contributed by atoms with E-state index in [1.165, 1.54) is 0 Å². The summed E-state index contributed by atoms with van der Waals surface area (Å²) in [5.41, 5.74) is 13.5. The molecule has 0 fully saturated rings. The van der Waals surface area contributed by atoms with Gasteiger partial charge in [-0.2, -0.15) is 15.0 Å². The molecule has 7 nitrogen and oxygen atoms in total. The van der Waals surface area contributed by atoms with Crippen molar-refractivity contribution in [3.63, 3.8) is 0 Å². The first-order chi connectivity index (χ1) is 11.8. The Morgan fingerprint density at radius 3 is 2.54 bits per heavy atom. The van der Waals surface area contributed by atoms with Gasteiger partial charge in [0.2, 0.25) is 0 Å². The van der Waals surface area contributed by atoms with Crippen molar-refractivity contribution in [1.29, 1.82) is 0 Å². The fraction of sp³-hybridized carbons (Fsp3) is 0.353. The first kappa shape index (κ1) is 16.2. The van der Waals surface area contributed by atoms with Crippen LogP contribution in [-0.4, -0.2) is 26.5 Å². The molecular formula is C17H22N6O. The van der Waals surface area contributed by atoms with Gasteiger partial charge in [0.25, 0.3) is 0 Å². The third kappa shape index (κ3) is 3.99. The minimum absolute atomic E-state index is 0.289. The van der Waals surface area contributed by atoms with Crippen molar-refractivity contribution in [3.8, 4) is 11.8 Å². The van der Waals surface area contributed by atoms with Crippen LogP contribution in [-0.2, 0) is 6.42 Å². The van der Waals surface area contributed by atoms with Crippen LogP contribution in [0.25, 0.3) is 11.2 Å². The molecule has 1 aromatic carbocycles. The standard InChI is InChI=1S/C17H22N6O/c18-11-7-2-1-6-10-13-14-15(22-16(19)21-14)23-17(20-13)24-12-8-4-3-5-9-12/h3-5,8-9H,1-2,6-7,10-11,18H2,(H3,19,20,21,22,23). The number of fused-ring (bicyclic) bond motifs is 1. The molecular weight excluding hydrogens is 304 g/mol. The maximum absolute atomic E-state index is 5.77. The summed E-state index contributed by atoms with van der Waals surface area (Å²) in [6.07, 6.45) is 5.13. The highest BCUT2D eigenvalue weighted by atomic mass is 16.5. The number of para-hydroxylation sites is 1. The van der Waals surface area contributed by atoms with Crippen LogP contribution in [0.15, 0.2) is 30.3 Å². The van der Waals surface area contributed by atoms with E-state index < -0.39 is 0 Å². The van der Waals surface area contributed by atoms with E-state index in [-0.39, 0.29) is 6.01 Å². The lowest BCUT2D eigenvalue weighted by molar-refractivity contribution is 0.441. The van der Waals surface area contributed by atoms with Crippen molar-refractivity contribution >= 4 is 17.1 Å². The number of benzene rings is 1. The summed E-state index contributed by atoms with van der Waals surface area (Å²) in [6, 6.07) is 9.74. The van der Waals surface area contributed by atoms with Crippen LogP contribution in [0.5, 0.6) is 11.8 Å². The van der Waals surface area contributed by atoms with Crippen LogP contribution >= 0.6 is 0 Å². The Hall–Kier alpha value is -2.67. The fourth-order valence-electron chi connectivity index (χ4n) is 2.56. The number of hydrogen-bond acceptors (Lipinski definition) is 6. The molecule has 0 bridgehead atoms. The normalized spacial score (nSPS) is 11.0. The molecule has 126 valence electrons. The van der Waals surface area contributed by atoms with Crippen molar-refractivity contribution < 1.29 is 4.74 Å². The highest BCUT2D eigenvalue weighted by Crippen LogP contribution is 2.23. The number of anilines is 1. The Morgan fingerprint density at radius 1 is 0.958 bits per heavy atom. The van der Waals surface area contributed by atoms with Crippen LogP contribution < -0.4 is 16.2 Å². The minimum atomic E-state index is 0.289. The summed E-state index contributed by atoms with van der Waals surface area (Å²) in [4.78, 5) is 16.1. The summed E-state index contributed by atoms with van der Waals surface area (Å²) in [5, 5.41) is 0. The number of nitrogens with zero attached hydrogens (tertiary/aromatic N) is 3. The smallest absolute Gasteiger partial charge is 0.324 e. The number of aryl methyl sites for hydroxylation is 1. The predicted molar refractivity (Wildman–Crippen MR) is 93.8 cm³/mol. The van der Waals surface area contributed by atoms with Gasteiger partial charge < -0.3 is 21.2 Å². The minimum Gasteiger partial charge on any atom is -0.424 e. The Balaban J connectivity index is 1.80. The topological polar surface area (TPSA) is 116 Å². The lowest BCUT2D eigenvalue weighted by atomic mass is 10.1. The molecule has 0 aliphatic carbocycles. The second-order valence-electron chi connectivity index (χ2n) is 5.64. The molecule has 0 spiro atoms. The number of aromatic nitrogens is 4. The molecule has 2 heterocycles. The van der Waals surface area contributed by atoms with E-state index in [1.54, 1.807) is 0 Å². The highest BCUT2D eigenvalue weighted by Gasteiger charge is 2.13. The molecule has 0 amide bonds. The van der Waals surface area contributed by atoms with E-state index in [1.807, 2.05) is 30.3 Å². The van der Waals surface area contributed by atoms with E-state index in [0.29, 0.717) is 17.3 Å². The Kier molecular flexibility index (Phi) is 5.22. The number of H-pyrrole nitrogens is 1. The maximum atomic E-state index is 5.77. The largest absolute Gasteiger partial charge is 0.424 e. The zero-order valence-corrected chi connectivity index (χ0v) is 13.5. The summed E-state index contributed by atoms with van der Waals surface area (Å²) < 4.78 is 5.75. The van der Waals surface area contributed by atoms with Crippen molar-refractivity contribution in [1.82, 2.24) is 19.9 Å². The number of nitrogens with one attached hydrogen (secondary N) is 1. The summed E-state index contributed by atoms with van der Waals surface area (Å²) in [6.45, 7) is 0.740. The highest BCUT2D eigenvalue weighted by molar-refractivity contribution is 5.75. The average Bonchev–Trinajstić information content (AvgIpc) is 2.96. The SMILES string of the molecule is NCCCCCCc1nc(Oc2ccccc2)nc2nc(N)[nH]c12. The summed E-state index contributed by atoms with van der Waals surface area (Å²) in [5.74, 6) is 1.02. The molecule has 0 aliphatic rings. The van der Waals surface area contributed by atoms with Gasteiger partial charge in [-0.05, 0) is 37.9 Å². The van der Waals surface area contributed by atoms with Crippen molar-refractivity contribution in [2.24, 2.45) is 5.73 Å². The van der Waals surface area contributed by atoms with E-state index >= 15 is 0 Å². The third-order valence-electron chi connectivity index (χ3n) is 3.74.